The first-order chi connectivity index (χ1) is 17.3. The van der Waals surface area contributed by atoms with E-state index in [9.17, 15) is 18.0 Å². The largest absolute Gasteiger partial charge is 0.383 e. The van der Waals surface area contributed by atoms with E-state index < -0.39 is 30.2 Å². The van der Waals surface area contributed by atoms with E-state index in [-0.39, 0.29) is 35.7 Å². The Morgan fingerprint density at radius 3 is 2.83 bits per heavy atom. The number of nitrogen functional groups attached to an aromatic ring is 1. The van der Waals surface area contributed by atoms with Crippen molar-refractivity contribution in [3.05, 3.63) is 54.5 Å². The van der Waals surface area contributed by atoms with Crippen LogP contribution in [0, 0.1) is 17.7 Å². The lowest BCUT2D eigenvalue weighted by atomic mass is 10.1. The van der Waals surface area contributed by atoms with Crippen LogP contribution < -0.4 is 5.73 Å². The minimum absolute atomic E-state index is 0.0151. The summed E-state index contributed by atoms with van der Waals surface area (Å²) in [5.41, 5.74) is 7.90. The van der Waals surface area contributed by atoms with Crippen molar-refractivity contribution in [2.24, 2.45) is 0 Å². The maximum absolute atomic E-state index is 14.8. The molecule has 0 saturated carbocycles. The number of benzene rings is 1. The summed E-state index contributed by atoms with van der Waals surface area (Å²) in [6.07, 6.45) is 1.08. The van der Waals surface area contributed by atoms with Gasteiger partial charge in [-0.2, -0.15) is 5.10 Å². The molecule has 5 rings (SSSR count). The fourth-order valence-electron chi connectivity index (χ4n) is 4.52. The zero-order chi connectivity index (χ0) is 25.6. The first kappa shape index (κ1) is 23.3. The van der Waals surface area contributed by atoms with E-state index >= 15 is 0 Å². The lowest BCUT2D eigenvalue weighted by molar-refractivity contribution is -0.129. The topological polar surface area (TPSA) is 108 Å². The molecule has 184 valence electrons. The van der Waals surface area contributed by atoms with Gasteiger partial charge in [-0.25, -0.2) is 32.8 Å². The molecule has 3 aromatic heterocycles. The van der Waals surface area contributed by atoms with Crippen molar-refractivity contribution in [2.75, 3.05) is 12.3 Å². The summed E-state index contributed by atoms with van der Waals surface area (Å²) >= 11 is 0. The van der Waals surface area contributed by atoms with Gasteiger partial charge in [0, 0.05) is 19.2 Å². The molecule has 1 unspecified atom stereocenters. The SMILES string of the molecule is C=CC(=O)N1CC(n2nc(C#Cc3cc4ncn(CC)c4cc3F)c3c(N)ncnc32)C[C@@H]1C(F)F. The van der Waals surface area contributed by atoms with E-state index in [2.05, 4.69) is 38.5 Å². The lowest BCUT2D eigenvalue weighted by Gasteiger charge is -2.21. The Balaban J connectivity index is 1.57. The fraction of sp³-hybridized carbons (Fsp3) is 0.292. The monoisotopic (exact) mass is 494 g/mol. The molecule has 4 heterocycles. The number of anilines is 1. The summed E-state index contributed by atoms with van der Waals surface area (Å²) < 4.78 is 45.4. The fourth-order valence-corrected chi connectivity index (χ4v) is 4.52. The van der Waals surface area contributed by atoms with Gasteiger partial charge in [-0.05, 0) is 31.4 Å². The highest BCUT2D eigenvalue weighted by Crippen LogP contribution is 2.34. The van der Waals surface area contributed by atoms with Crippen molar-refractivity contribution >= 4 is 33.8 Å². The van der Waals surface area contributed by atoms with Crippen LogP contribution in [0.4, 0.5) is 19.0 Å². The molecule has 1 amide bonds. The smallest absolute Gasteiger partial charge is 0.258 e. The van der Waals surface area contributed by atoms with Crippen molar-refractivity contribution in [1.82, 2.24) is 34.2 Å². The van der Waals surface area contributed by atoms with Gasteiger partial charge in [-0.1, -0.05) is 12.5 Å². The molecule has 0 bridgehead atoms. The maximum Gasteiger partial charge on any atom is 0.258 e. The van der Waals surface area contributed by atoms with E-state index in [0.29, 0.717) is 23.0 Å². The molecule has 2 N–H and O–H groups in total. The van der Waals surface area contributed by atoms with Crippen LogP contribution in [0.25, 0.3) is 22.1 Å². The van der Waals surface area contributed by atoms with E-state index in [4.69, 9.17) is 5.73 Å². The highest BCUT2D eigenvalue weighted by Gasteiger charge is 2.41. The Labute approximate surface area is 203 Å². The molecule has 1 aromatic carbocycles. The van der Waals surface area contributed by atoms with Crippen LogP contribution in [-0.4, -0.2) is 59.1 Å². The Kier molecular flexibility index (Phi) is 5.83. The molecular weight excluding hydrogens is 473 g/mol. The van der Waals surface area contributed by atoms with E-state index in [1.807, 2.05) is 11.5 Å². The van der Waals surface area contributed by atoms with Crippen LogP contribution in [0.5, 0.6) is 0 Å². The van der Waals surface area contributed by atoms with E-state index in [1.165, 1.54) is 17.1 Å². The molecule has 1 fully saturated rings. The van der Waals surface area contributed by atoms with Crippen LogP contribution in [0.3, 0.4) is 0 Å². The number of aromatic nitrogens is 6. The Hall–Kier alpha value is -4.40. The zero-order valence-corrected chi connectivity index (χ0v) is 19.2. The zero-order valence-electron chi connectivity index (χ0n) is 19.2. The van der Waals surface area contributed by atoms with Crippen LogP contribution in [0.2, 0.25) is 0 Å². The van der Waals surface area contributed by atoms with Gasteiger partial charge >= 0.3 is 0 Å². The van der Waals surface area contributed by atoms with E-state index in [1.54, 1.807) is 12.4 Å². The molecule has 0 radical (unpaired) electrons. The Bertz CT molecular complexity index is 1560. The number of likely N-dealkylation sites (tertiary alicyclic amines) is 1. The molecule has 1 saturated heterocycles. The number of imidazole rings is 1. The van der Waals surface area contributed by atoms with Gasteiger partial charge in [-0.3, -0.25) is 4.79 Å². The predicted octanol–water partition coefficient (Wildman–Crippen LogP) is 2.91. The number of carbonyl (C=O) groups excluding carboxylic acids is 1. The van der Waals surface area contributed by atoms with Crippen molar-refractivity contribution in [3.63, 3.8) is 0 Å². The lowest BCUT2D eigenvalue weighted by Crippen LogP contribution is -2.38. The second-order valence-electron chi connectivity index (χ2n) is 8.34. The van der Waals surface area contributed by atoms with Crippen molar-refractivity contribution in [3.8, 4) is 11.8 Å². The summed E-state index contributed by atoms with van der Waals surface area (Å²) in [6, 6.07) is 1.02. The number of aryl methyl sites for hydroxylation is 1. The average molecular weight is 494 g/mol. The minimum atomic E-state index is -2.74. The van der Waals surface area contributed by atoms with Gasteiger partial charge in [0.25, 0.3) is 6.43 Å². The van der Waals surface area contributed by atoms with E-state index in [0.717, 1.165) is 11.0 Å². The second kappa shape index (κ2) is 8.99. The first-order valence-electron chi connectivity index (χ1n) is 11.2. The molecule has 36 heavy (non-hydrogen) atoms. The highest BCUT2D eigenvalue weighted by atomic mass is 19.3. The number of fused-ring (bicyclic) bond motifs is 2. The van der Waals surface area contributed by atoms with Gasteiger partial charge in [0.05, 0.1) is 40.4 Å². The molecule has 9 nitrogen and oxygen atoms in total. The van der Waals surface area contributed by atoms with Crippen molar-refractivity contribution in [2.45, 2.75) is 38.4 Å². The predicted molar refractivity (Wildman–Crippen MR) is 126 cm³/mol. The Morgan fingerprint density at radius 2 is 2.11 bits per heavy atom. The van der Waals surface area contributed by atoms with Gasteiger partial charge < -0.3 is 15.2 Å². The normalized spacial score (nSPS) is 17.6. The third kappa shape index (κ3) is 3.82. The molecule has 0 aliphatic carbocycles. The molecule has 4 aromatic rings. The number of hydrogen-bond acceptors (Lipinski definition) is 6. The second-order valence-corrected chi connectivity index (χ2v) is 8.34. The Morgan fingerprint density at radius 1 is 1.31 bits per heavy atom. The first-order valence-corrected chi connectivity index (χ1v) is 11.2. The standard InChI is InChI=1S/C24H21F3N8O/c1-3-20(36)34-10-14(8-19(34)22(26)27)35-24-21(23(28)29-11-30-24)16(32-35)6-5-13-7-17-18(9-15(13)25)33(4-2)12-31-17/h3,7,9,11-12,14,19,22H,1,4,8,10H2,2H3,(H2,28,29,30)/t14?,19-/m1/s1. The molecular formula is C24H21F3N8O. The molecule has 1 aliphatic rings. The van der Waals surface area contributed by atoms with Crippen LogP contribution in [0.1, 0.15) is 30.6 Å². The highest BCUT2D eigenvalue weighted by molar-refractivity contribution is 5.91. The third-order valence-corrected chi connectivity index (χ3v) is 6.30. The number of alkyl halides is 2. The van der Waals surface area contributed by atoms with Crippen molar-refractivity contribution < 1.29 is 18.0 Å². The molecule has 0 spiro atoms. The summed E-state index contributed by atoms with van der Waals surface area (Å²) in [7, 11) is 0. The van der Waals surface area contributed by atoms with Gasteiger partial charge in [0.2, 0.25) is 5.91 Å². The number of rotatable bonds is 4. The number of nitrogens with zero attached hydrogens (tertiary/aromatic N) is 7. The van der Waals surface area contributed by atoms with Crippen molar-refractivity contribution in [1.29, 1.82) is 0 Å². The summed E-state index contributed by atoms with van der Waals surface area (Å²) in [4.78, 5) is 25.8. The van der Waals surface area contributed by atoms with Gasteiger partial charge in [0.15, 0.2) is 5.65 Å². The summed E-state index contributed by atoms with van der Waals surface area (Å²) in [6.45, 7) is 5.96. The van der Waals surface area contributed by atoms with Crippen LogP contribution in [0.15, 0.2) is 37.4 Å². The van der Waals surface area contributed by atoms with Gasteiger partial charge in [0.1, 0.15) is 23.7 Å². The van der Waals surface area contributed by atoms with Crippen LogP contribution >= 0.6 is 0 Å². The number of hydrogen-bond donors (Lipinski definition) is 1. The molecule has 1 aliphatic heterocycles. The minimum Gasteiger partial charge on any atom is -0.383 e. The number of amides is 1. The number of carbonyl (C=O) groups is 1. The van der Waals surface area contributed by atoms with Gasteiger partial charge in [-0.15, -0.1) is 0 Å². The average Bonchev–Trinajstić information content (AvgIpc) is 3.57. The van der Waals surface area contributed by atoms with Crippen LogP contribution in [-0.2, 0) is 11.3 Å². The quantitative estimate of drug-likeness (QED) is 0.345. The molecule has 2 atom stereocenters. The third-order valence-electron chi connectivity index (χ3n) is 6.30. The number of halogens is 3. The number of nitrogens with two attached hydrogens (primary N) is 1. The summed E-state index contributed by atoms with van der Waals surface area (Å²) in [5, 5.41) is 4.80. The maximum atomic E-state index is 14.8. The summed E-state index contributed by atoms with van der Waals surface area (Å²) in [5.74, 6) is 4.59. The molecule has 12 heteroatoms.